The number of para-hydroxylation sites is 1. The zero-order valence-electron chi connectivity index (χ0n) is 23.2. The minimum Gasteiger partial charge on any atom is -0.379 e. The van der Waals surface area contributed by atoms with E-state index in [0.717, 1.165) is 72.6 Å². The van der Waals surface area contributed by atoms with Gasteiger partial charge >= 0.3 is 0 Å². The Labute approximate surface area is 235 Å². The molecule has 1 atom stereocenters. The van der Waals surface area contributed by atoms with Gasteiger partial charge in [0.1, 0.15) is 6.54 Å². The summed E-state index contributed by atoms with van der Waals surface area (Å²) < 4.78 is 7.63. The molecule has 6 rings (SSSR count). The molecule has 1 saturated heterocycles. The minimum atomic E-state index is -0.370. The van der Waals surface area contributed by atoms with Crippen molar-refractivity contribution >= 4 is 22.7 Å². The SMILES string of the molecule is Cc1ccc(-c2c([C@@H]3c4ccccc4C(=O)N3CC(=O)NCCCN3CCOCC3)c3ccccc3n2C)cc1. The Morgan fingerprint density at radius 1 is 0.975 bits per heavy atom. The summed E-state index contributed by atoms with van der Waals surface area (Å²) in [7, 11) is 2.08. The average Bonchev–Trinajstić information content (AvgIpc) is 3.42. The van der Waals surface area contributed by atoms with Gasteiger partial charge in [0.05, 0.1) is 24.9 Å². The third kappa shape index (κ3) is 4.91. The molecule has 0 unspecified atom stereocenters. The van der Waals surface area contributed by atoms with E-state index in [1.54, 1.807) is 4.90 Å². The number of aromatic nitrogens is 1. The lowest BCUT2D eigenvalue weighted by Crippen LogP contribution is -2.41. The second-order valence-corrected chi connectivity index (χ2v) is 10.8. The third-order valence-electron chi connectivity index (χ3n) is 8.19. The summed E-state index contributed by atoms with van der Waals surface area (Å²) in [5, 5.41) is 4.16. The van der Waals surface area contributed by atoms with Gasteiger partial charge in [0.25, 0.3) is 5.91 Å². The lowest BCUT2D eigenvalue weighted by atomic mass is 9.93. The fourth-order valence-corrected chi connectivity index (χ4v) is 6.17. The third-order valence-corrected chi connectivity index (χ3v) is 8.19. The fourth-order valence-electron chi connectivity index (χ4n) is 6.17. The van der Waals surface area contributed by atoms with Gasteiger partial charge in [-0.15, -0.1) is 0 Å². The first-order valence-electron chi connectivity index (χ1n) is 14.1. The molecule has 3 heterocycles. The largest absolute Gasteiger partial charge is 0.379 e. The zero-order chi connectivity index (χ0) is 27.6. The van der Waals surface area contributed by atoms with Gasteiger partial charge in [-0.1, -0.05) is 66.2 Å². The van der Waals surface area contributed by atoms with E-state index in [0.29, 0.717) is 12.1 Å². The van der Waals surface area contributed by atoms with Crippen LogP contribution in [0.2, 0.25) is 0 Å². The number of fused-ring (bicyclic) bond motifs is 2. The van der Waals surface area contributed by atoms with Crippen LogP contribution >= 0.6 is 0 Å². The van der Waals surface area contributed by atoms with Gasteiger partial charge in [0.15, 0.2) is 0 Å². The molecule has 7 nitrogen and oxygen atoms in total. The molecule has 0 radical (unpaired) electrons. The molecule has 0 aliphatic carbocycles. The van der Waals surface area contributed by atoms with Crippen LogP contribution in [-0.4, -0.2) is 72.1 Å². The van der Waals surface area contributed by atoms with Crippen molar-refractivity contribution in [3.05, 3.63) is 95.1 Å². The smallest absolute Gasteiger partial charge is 0.255 e. The molecule has 1 aromatic heterocycles. The van der Waals surface area contributed by atoms with Gasteiger partial charge in [-0.05, 0) is 43.1 Å². The summed E-state index contributed by atoms with van der Waals surface area (Å²) in [6.45, 7) is 7.00. The molecular formula is C33H36N4O3. The zero-order valence-corrected chi connectivity index (χ0v) is 23.2. The Bertz CT molecular complexity index is 1540. The topological polar surface area (TPSA) is 66.8 Å². The molecular weight excluding hydrogens is 500 g/mol. The first-order chi connectivity index (χ1) is 19.5. The highest BCUT2D eigenvalue weighted by molar-refractivity contribution is 6.03. The number of carbonyl (C=O) groups is 2. The van der Waals surface area contributed by atoms with Crippen molar-refractivity contribution in [3.63, 3.8) is 0 Å². The number of nitrogens with one attached hydrogen (secondary N) is 1. The molecule has 0 bridgehead atoms. The van der Waals surface area contributed by atoms with E-state index >= 15 is 0 Å². The lowest BCUT2D eigenvalue weighted by Gasteiger charge is -2.27. The van der Waals surface area contributed by atoms with E-state index in [2.05, 4.69) is 65.2 Å². The van der Waals surface area contributed by atoms with E-state index in [1.165, 1.54) is 5.56 Å². The van der Waals surface area contributed by atoms with Crippen LogP contribution < -0.4 is 5.32 Å². The summed E-state index contributed by atoms with van der Waals surface area (Å²) in [5.41, 5.74) is 7.10. The van der Waals surface area contributed by atoms with Gasteiger partial charge in [0.2, 0.25) is 5.91 Å². The highest BCUT2D eigenvalue weighted by Gasteiger charge is 2.41. The number of ether oxygens (including phenoxy) is 1. The number of benzene rings is 3. The second kappa shape index (κ2) is 11.3. The van der Waals surface area contributed by atoms with Crippen LogP contribution in [0.4, 0.5) is 0 Å². The van der Waals surface area contributed by atoms with E-state index in [4.69, 9.17) is 4.74 Å². The quantitative estimate of drug-likeness (QED) is 0.336. The number of morpholine rings is 1. The Balaban J connectivity index is 1.33. The van der Waals surface area contributed by atoms with Crippen LogP contribution in [0.1, 0.15) is 39.5 Å². The number of rotatable bonds is 8. The Kier molecular flexibility index (Phi) is 7.41. The molecule has 2 aliphatic heterocycles. The van der Waals surface area contributed by atoms with Gasteiger partial charge in [0, 0.05) is 48.7 Å². The predicted molar refractivity (Wildman–Crippen MR) is 157 cm³/mol. The highest BCUT2D eigenvalue weighted by atomic mass is 16.5. The molecule has 0 spiro atoms. The normalized spacial score (nSPS) is 17.4. The van der Waals surface area contributed by atoms with Crippen molar-refractivity contribution in [2.24, 2.45) is 7.05 Å². The van der Waals surface area contributed by atoms with Crippen LogP contribution in [0.5, 0.6) is 0 Å². The summed E-state index contributed by atoms with van der Waals surface area (Å²) in [5.74, 6) is -0.239. The number of amides is 2. The monoisotopic (exact) mass is 536 g/mol. The number of hydrogen-bond acceptors (Lipinski definition) is 4. The van der Waals surface area contributed by atoms with Crippen molar-refractivity contribution in [1.29, 1.82) is 0 Å². The van der Waals surface area contributed by atoms with Crippen molar-refractivity contribution in [1.82, 2.24) is 19.7 Å². The molecule has 40 heavy (non-hydrogen) atoms. The van der Waals surface area contributed by atoms with Crippen molar-refractivity contribution in [2.45, 2.75) is 19.4 Å². The Morgan fingerprint density at radius 3 is 2.50 bits per heavy atom. The Hall–Kier alpha value is -3.94. The van der Waals surface area contributed by atoms with E-state index in [-0.39, 0.29) is 24.4 Å². The first kappa shape index (κ1) is 26.3. The van der Waals surface area contributed by atoms with E-state index < -0.39 is 0 Å². The molecule has 2 aliphatic rings. The molecule has 1 N–H and O–H groups in total. The van der Waals surface area contributed by atoms with Crippen molar-refractivity contribution in [3.8, 4) is 11.3 Å². The van der Waals surface area contributed by atoms with Crippen LogP contribution in [0.15, 0.2) is 72.8 Å². The van der Waals surface area contributed by atoms with E-state index in [1.807, 2.05) is 36.4 Å². The predicted octanol–water partition coefficient (Wildman–Crippen LogP) is 4.54. The van der Waals surface area contributed by atoms with Crippen molar-refractivity contribution in [2.75, 3.05) is 45.9 Å². The number of nitrogens with zero attached hydrogens (tertiary/aromatic N) is 3. The Morgan fingerprint density at radius 2 is 1.70 bits per heavy atom. The van der Waals surface area contributed by atoms with Gasteiger partial charge in [-0.25, -0.2) is 0 Å². The summed E-state index contributed by atoms with van der Waals surface area (Å²) in [6.07, 6.45) is 0.865. The summed E-state index contributed by atoms with van der Waals surface area (Å²) >= 11 is 0. The molecule has 3 aromatic carbocycles. The molecule has 0 saturated carbocycles. The molecule has 206 valence electrons. The maximum atomic E-state index is 13.8. The van der Waals surface area contributed by atoms with Crippen molar-refractivity contribution < 1.29 is 14.3 Å². The summed E-state index contributed by atoms with van der Waals surface area (Å²) in [6, 6.07) is 24.2. The van der Waals surface area contributed by atoms with Crippen LogP contribution in [-0.2, 0) is 16.6 Å². The van der Waals surface area contributed by atoms with Gasteiger partial charge in [-0.2, -0.15) is 0 Å². The maximum Gasteiger partial charge on any atom is 0.255 e. The van der Waals surface area contributed by atoms with Gasteiger partial charge < -0.3 is 19.5 Å². The number of carbonyl (C=O) groups excluding carboxylic acids is 2. The molecule has 4 aromatic rings. The maximum absolute atomic E-state index is 13.8. The number of aryl methyl sites for hydroxylation is 2. The van der Waals surface area contributed by atoms with E-state index in [9.17, 15) is 9.59 Å². The molecule has 1 fully saturated rings. The lowest BCUT2D eigenvalue weighted by molar-refractivity contribution is -0.122. The molecule has 2 amide bonds. The fraction of sp³-hybridized carbons (Fsp3) is 0.333. The number of hydrogen-bond donors (Lipinski definition) is 1. The first-order valence-corrected chi connectivity index (χ1v) is 14.1. The minimum absolute atomic E-state index is 0.00624. The standard InChI is InChI=1S/C33H36N4O3/c1-23-12-14-24(15-13-23)31-30(27-10-5-6-11-28(27)35(31)2)32-25-8-3-4-9-26(25)33(39)37(32)22-29(38)34-16-7-17-36-18-20-40-21-19-36/h3-6,8-15,32H,7,16-22H2,1-2H3,(H,34,38)/t32-/m0/s1. The average molecular weight is 537 g/mol. The highest BCUT2D eigenvalue weighted by Crippen LogP contribution is 2.46. The van der Waals surface area contributed by atoms with Gasteiger partial charge in [-0.3, -0.25) is 14.5 Å². The second-order valence-electron chi connectivity index (χ2n) is 10.8. The van der Waals surface area contributed by atoms with Crippen LogP contribution in [0.3, 0.4) is 0 Å². The van der Waals surface area contributed by atoms with Crippen LogP contribution in [0.25, 0.3) is 22.2 Å². The van der Waals surface area contributed by atoms with Crippen LogP contribution in [0, 0.1) is 6.92 Å². The summed E-state index contributed by atoms with van der Waals surface area (Å²) in [4.78, 5) is 31.2. The molecule has 7 heteroatoms.